The van der Waals surface area contributed by atoms with E-state index >= 15 is 0 Å². The molecule has 1 aromatic carbocycles. The average Bonchev–Trinajstić information content (AvgIpc) is 2.37. The minimum Gasteiger partial charge on any atom is -0.506 e. The summed E-state index contributed by atoms with van der Waals surface area (Å²) in [6.07, 6.45) is 0. The molecule has 1 fully saturated rings. The molecular weight excluding hydrogens is 270 g/mol. The lowest BCUT2D eigenvalue weighted by Crippen LogP contribution is -2.58. The summed E-state index contributed by atoms with van der Waals surface area (Å²) in [4.78, 5) is 14.5. The molecule has 1 aliphatic heterocycles. The maximum Gasteiger partial charge on any atom is 0.279 e. The zero-order valence-corrected chi connectivity index (χ0v) is 12.6. The fourth-order valence-corrected chi connectivity index (χ4v) is 2.54. The van der Waals surface area contributed by atoms with Gasteiger partial charge in [-0.1, -0.05) is 0 Å². The Morgan fingerprint density at radius 1 is 1.38 bits per heavy atom. The third-order valence-corrected chi connectivity index (χ3v) is 4.00. The smallest absolute Gasteiger partial charge is 0.279 e. The van der Waals surface area contributed by atoms with Crippen LogP contribution < -0.4 is 16.8 Å². The molecule has 0 spiro atoms. The number of nitrogens with one attached hydrogen (secondary N) is 1. The Bertz CT molecular complexity index is 515. The van der Waals surface area contributed by atoms with E-state index in [9.17, 15) is 9.90 Å². The van der Waals surface area contributed by atoms with Gasteiger partial charge in [-0.2, -0.15) is 0 Å². The van der Waals surface area contributed by atoms with Crippen LogP contribution in [0.3, 0.4) is 0 Å². The highest BCUT2D eigenvalue weighted by atomic mass is 16.3. The first kappa shape index (κ1) is 15.4. The van der Waals surface area contributed by atoms with E-state index in [2.05, 4.69) is 24.3 Å². The van der Waals surface area contributed by atoms with Crippen LogP contribution in [-0.2, 0) is 4.79 Å². The van der Waals surface area contributed by atoms with E-state index in [-0.39, 0.29) is 23.0 Å². The lowest BCUT2D eigenvalue weighted by molar-refractivity contribution is -0.905. The average molecular weight is 294 g/mol. The molecule has 0 atom stereocenters. The van der Waals surface area contributed by atoms with Gasteiger partial charge in [0.1, 0.15) is 11.4 Å². The van der Waals surface area contributed by atoms with Gasteiger partial charge >= 0.3 is 0 Å². The van der Waals surface area contributed by atoms with Crippen molar-refractivity contribution in [3.8, 4) is 5.75 Å². The zero-order chi connectivity index (χ0) is 15.6. The number of hydrogen-bond acceptors (Lipinski definition) is 5. The van der Waals surface area contributed by atoms with Crippen LogP contribution in [0.5, 0.6) is 5.75 Å². The van der Waals surface area contributed by atoms with Crippen molar-refractivity contribution in [2.45, 2.75) is 0 Å². The molecule has 7 nitrogen and oxygen atoms in total. The summed E-state index contributed by atoms with van der Waals surface area (Å²) >= 11 is 0. The molecular formula is C14H24N5O2+. The van der Waals surface area contributed by atoms with E-state index in [4.69, 9.17) is 11.5 Å². The molecule has 116 valence electrons. The van der Waals surface area contributed by atoms with Gasteiger partial charge in [0.25, 0.3) is 5.91 Å². The second-order valence-corrected chi connectivity index (χ2v) is 6.08. The highest BCUT2D eigenvalue weighted by molar-refractivity contribution is 5.97. The second-order valence-electron chi connectivity index (χ2n) is 6.08. The molecule has 0 aromatic heterocycles. The molecule has 1 amide bonds. The Labute approximate surface area is 124 Å². The van der Waals surface area contributed by atoms with Crippen molar-refractivity contribution in [3.05, 3.63) is 12.1 Å². The van der Waals surface area contributed by atoms with E-state index in [0.29, 0.717) is 16.7 Å². The van der Waals surface area contributed by atoms with E-state index in [1.165, 1.54) is 12.1 Å². The summed E-state index contributed by atoms with van der Waals surface area (Å²) in [6, 6.07) is 2.89. The quantitative estimate of drug-likeness (QED) is 0.354. The number of phenols is 1. The Balaban J connectivity index is 2.02. The van der Waals surface area contributed by atoms with Crippen molar-refractivity contribution < 1.29 is 14.4 Å². The number of rotatable bonds is 3. The van der Waals surface area contributed by atoms with Gasteiger partial charge < -0.3 is 26.4 Å². The highest BCUT2D eigenvalue weighted by Gasteiger charge is 2.30. The molecule has 1 saturated heterocycles. The summed E-state index contributed by atoms with van der Waals surface area (Å²) in [5, 5.41) is 12.5. The normalized spacial score (nSPS) is 18.4. The van der Waals surface area contributed by atoms with Crippen LogP contribution in [0.1, 0.15) is 0 Å². The molecule has 0 bridgehead atoms. The number of phenolic OH excluding ortho intramolecular Hbond substituents is 1. The molecule has 1 heterocycles. The summed E-state index contributed by atoms with van der Waals surface area (Å²) in [7, 11) is 4.15. The first-order chi connectivity index (χ1) is 9.79. The van der Waals surface area contributed by atoms with Gasteiger partial charge in [0.2, 0.25) is 0 Å². The summed E-state index contributed by atoms with van der Waals surface area (Å²) in [5.74, 6) is -0.268. The fraction of sp³-hybridized carbons (Fsp3) is 0.500. The van der Waals surface area contributed by atoms with Crippen molar-refractivity contribution in [2.24, 2.45) is 0 Å². The highest BCUT2D eigenvalue weighted by Crippen LogP contribution is 2.32. The molecule has 6 N–H and O–H groups in total. The van der Waals surface area contributed by atoms with Gasteiger partial charge in [0.05, 0.1) is 25.8 Å². The number of nitrogens with zero attached hydrogens (tertiary/aromatic N) is 2. The van der Waals surface area contributed by atoms with E-state index in [1.54, 1.807) is 0 Å². The molecule has 21 heavy (non-hydrogen) atoms. The number of carbonyl (C=O) groups excluding carboxylic acids is 1. The minimum absolute atomic E-state index is 0.109. The van der Waals surface area contributed by atoms with Gasteiger partial charge in [-0.3, -0.25) is 9.69 Å². The number of benzene rings is 1. The Hall–Kier alpha value is -1.99. The number of anilines is 3. The van der Waals surface area contributed by atoms with Crippen LogP contribution in [0.4, 0.5) is 17.1 Å². The van der Waals surface area contributed by atoms with E-state index in [0.717, 1.165) is 26.2 Å². The van der Waals surface area contributed by atoms with Crippen LogP contribution in [0, 0.1) is 0 Å². The molecule has 2 rings (SSSR count). The van der Waals surface area contributed by atoms with Gasteiger partial charge in [-0.15, -0.1) is 0 Å². The molecule has 0 radical (unpaired) electrons. The van der Waals surface area contributed by atoms with Crippen LogP contribution in [-0.4, -0.2) is 67.2 Å². The number of likely N-dealkylation sites (N-methyl/N-ethyl adjacent to an activating group) is 2. The van der Waals surface area contributed by atoms with Crippen LogP contribution in [0.25, 0.3) is 0 Å². The van der Waals surface area contributed by atoms with Crippen molar-refractivity contribution in [3.63, 3.8) is 0 Å². The Morgan fingerprint density at radius 2 is 2.00 bits per heavy atom. The maximum absolute atomic E-state index is 12.2. The van der Waals surface area contributed by atoms with Crippen molar-refractivity contribution in [2.75, 3.05) is 63.6 Å². The van der Waals surface area contributed by atoms with Crippen LogP contribution in [0.15, 0.2) is 12.1 Å². The predicted molar refractivity (Wildman–Crippen MR) is 83.8 cm³/mol. The second kappa shape index (κ2) is 5.79. The molecule has 0 saturated carbocycles. The molecule has 1 aromatic rings. The zero-order valence-electron chi connectivity index (χ0n) is 12.6. The topological polar surface area (TPSA) is 105 Å². The molecule has 7 heteroatoms. The number of nitrogen functional groups attached to an aromatic ring is 2. The SMILES string of the molecule is CN1CC[N+](C)(CC(=O)Nc2c(N)cc(N)cc2O)CC1. The van der Waals surface area contributed by atoms with E-state index in [1.807, 2.05) is 0 Å². The van der Waals surface area contributed by atoms with E-state index < -0.39 is 0 Å². The largest absolute Gasteiger partial charge is 0.506 e. The summed E-state index contributed by atoms with van der Waals surface area (Å²) < 4.78 is 0.686. The van der Waals surface area contributed by atoms with Crippen molar-refractivity contribution in [1.82, 2.24) is 4.90 Å². The number of hydrogen-bond donors (Lipinski definition) is 4. The van der Waals surface area contributed by atoms with Gasteiger partial charge in [0, 0.05) is 24.8 Å². The lowest BCUT2D eigenvalue weighted by Gasteiger charge is -2.40. The number of aromatic hydroxyl groups is 1. The van der Waals surface area contributed by atoms with Crippen LogP contribution in [0.2, 0.25) is 0 Å². The molecule has 0 aliphatic carbocycles. The first-order valence-corrected chi connectivity index (χ1v) is 6.99. The fourth-order valence-electron chi connectivity index (χ4n) is 2.54. The third-order valence-electron chi connectivity index (χ3n) is 4.00. The Kier molecular flexibility index (Phi) is 4.24. The Morgan fingerprint density at radius 3 is 2.57 bits per heavy atom. The lowest BCUT2D eigenvalue weighted by atomic mass is 10.2. The number of quaternary nitrogens is 1. The predicted octanol–water partition coefficient (Wildman–Crippen LogP) is -0.113. The third kappa shape index (κ3) is 3.77. The van der Waals surface area contributed by atoms with Crippen LogP contribution >= 0.6 is 0 Å². The maximum atomic E-state index is 12.2. The molecule has 0 unspecified atom stereocenters. The number of nitrogens with two attached hydrogens (primary N) is 2. The summed E-state index contributed by atoms with van der Waals surface area (Å²) in [5.41, 5.74) is 12.2. The standard InChI is InChI=1S/C14H23N5O2/c1-18-3-5-19(2,6-4-18)9-13(21)17-14-11(16)7-10(15)8-12(14)20/h7-8H,3-6,9,15-16H2,1-2H3,(H-,17,20,21)/p+1. The van der Waals surface area contributed by atoms with Gasteiger partial charge in [-0.05, 0) is 13.1 Å². The summed E-state index contributed by atoms with van der Waals surface area (Å²) in [6.45, 7) is 4.15. The number of carbonyl (C=O) groups is 1. The minimum atomic E-state index is -0.158. The van der Waals surface area contributed by atoms with Gasteiger partial charge in [0.15, 0.2) is 6.54 Å². The number of amides is 1. The molecule has 1 aliphatic rings. The monoisotopic (exact) mass is 294 g/mol. The van der Waals surface area contributed by atoms with Gasteiger partial charge in [-0.25, -0.2) is 0 Å². The van der Waals surface area contributed by atoms with Crippen molar-refractivity contribution >= 4 is 23.0 Å². The van der Waals surface area contributed by atoms with Crippen molar-refractivity contribution in [1.29, 1.82) is 0 Å². The number of piperazine rings is 1. The first-order valence-electron chi connectivity index (χ1n) is 6.99.